The van der Waals surface area contributed by atoms with Gasteiger partial charge in [0.1, 0.15) is 6.54 Å². The SMILES string of the molecule is CCCCCCCCCCCCCCCCCCOCC1CC(COCCCCCCC[n+]2ccsc2)CO1.[Cl-]. The number of ether oxygens (including phenoxy) is 3. The van der Waals surface area contributed by atoms with Crippen LogP contribution in [0.25, 0.3) is 0 Å². The maximum Gasteiger partial charge on any atom is 0.224 e. The van der Waals surface area contributed by atoms with Gasteiger partial charge in [-0.15, -0.1) is 0 Å². The van der Waals surface area contributed by atoms with Gasteiger partial charge in [0.05, 0.1) is 31.3 Å². The van der Waals surface area contributed by atoms with Crippen LogP contribution in [-0.2, 0) is 20.8 Å². The van der Waals surface area contributed by atoms with Gasteiger partial charge in [-0.2, -0.15) is 4.57 Å². The maximum absolute atomic E-state index is 5.95. The summed E-state index contributed by atoms with van der Waals surface area (Å²) in [5.41, 5.74) is 2.19. The van der Waals surface area contributed by atoms with Gasteiger partial charge in [0.25, 0.3) is 0 Å². The number of rotatable bonds is 29. The van der Waals surface area contributed by atoms with E-state index in [1.54, 1.807) is 11.3 Å². The van der Waals surface area contributed by atoms with Crippen molar-refractivity contribution in [2.24, 2.45) is 5.92 Å². The zero-order valence-electron chi connectivity index (χ0n) is 26.1. The topological polar surface area (TPSA) is 31.6 Å². The van der Waals surface area contributed by atoms with Crippen molar-refractivity contribution in [3.8, 4) is 0 Å². The van der Waals surface area contributed by atoms with Crippen LogP contribution in [0.2, 0.25) is 0 Å². The lowest BCUT2D eigenvalue weighted by molar-refractivity contribution is -0.692. The number of hydrogen-bond donors (Lipinski definition) is 0. The first kappa shape index (κ1) is 37.8. The van der Waals surface area contributed by atoms with Crippen LogP contribution in [-0.4, -0.2) is 39.1 Å². The van der Waals surface area contributed by atoms with Gasteiger partial charge in [0.15, 0.2) is 6.20 Å². The zero-order chi connectivity index (χ0) is 27.5. The molecule has 6 heteroatoms. The van der Waals surface area contributed by atoms with E-state index in [1.165, 1.54) is 135 Å². The van der Waals surface area contributed by atoms with Crippen molar-refractivity contribution in [3.63, 3.8) is 0 Å². The molecule has 40 heavy (non-hydrogen) atoms. The monoisotopic (exact) mass is 601 g/mol. The van der Waals surface area contributed by atoms with Crippen LogP contribution in [0.15, 0.2) is 17.1 Å². The molecule has 236 valence electrons. The molecule has 0 radical (unpaired) electrons. The van der Waals surface area contributed by atoms with E-state index in [1.807, 2.05) is 0 Å². The van der Waals surface area contributed by atoms with Gasteiger partial charge in [-0.1, -0.05) is 127 Å². The van der Waals surface area contributed by atoms with Crippen molar-refractivity contribution in [2.75, 3.05) is 33.0 Å². The van der Waals surface area contributed by atoms with Crippen LogP contribution in [0.3, 0.4) is 0 Å². The fourth-order valence-electron chi connectivity index (χ4n) is 5.65. The second kappa shape index (κ2) is 28.9. The fourth-order valence-corrected chi connectivity index (χ4v) is 6.28. The Bertz CT molecular complexity index is 618. The van der Waals surface area contributed by atoms with Crippen LogP contribution in [0.5, 0.6) is 0 Å². The summed E-state index contributed by atoms with van der Waals surface area (Å²) in [5.74, 6) is 0.553. The van der Waals surface area contributed by atoms with Crippen molar-refractivity contribution >= 4 is 11.3 Å². The zero-order valence-corrected chi connectivity index (χ0v) is 27.7. The number of nitrogens with zero attached hydrogens (tertiary/aromatic N) is 1. The molecule has 1 fully saturated rings. The second-order valence-corrected chi connectivity index (χ2v) is 12.8. The molecule has 0 spiro atoms. The summed E-state index contributed by atoms with van der Waals surface area (Å²) in [6.07, 6.45) is 32.5. The van der Waals surface area contributed by atoms with E-state index in [9.17, 15) is 0 Å². The molecule has 1 aliphatic heterocycles. The third-order valence-corrected chi connectivity index (χ3v) is 8.87. The molecule has 0 saturated carbocycles. The Morgan fingerprint density at radius 1 is 0.675 bits per heavy atom. The summed E-state index contributed by atoms with van der Waals surface area (Å²) in [4.78, 5) is 0. The van der Waals surface area contributed by atoms with Gasteiger partial charge in [-0.25, -0.2) is 0 Å². The Labute approximate surface area is 258 Å². The molecule has 0 N–H and O–H groups in total. The lowest BCUT2D eigenvalue weighted by atomic mass is 10.0. The standard InChI is InChI=1S/C34H64NO3S.ClH/c1-2-3-4-5-6-7-8-9-10-11-12-13-14-15-18-22-26-37-31-34-28-33(30-38-34)29-36-25-21-19-16-17-20-23-35-24-27-39-32-35;/h24,27,32-34H,2-23,25-26,28-31H2,1H3;1H/q+1;/p-1. The summed E-state index contributed by atoms with van der Waals surface area (Å²) < 4.78 is 20.1. The number of aryl methyl sites for hydroxylation is 1. The van der Waals surface area contributed by atoms with Crippen LogP contribution in [0.4, 0.5) is 0 Å². The molecular weight excluding hydrogens is 538 g/mol. The number of halogens is 1. The summed E-state index contributed by atoms with van der Waals surface area (Å²) in [6, 6.07) is 0. The average molecular weight is 602 g/mol. The van der Waals surface area contributed by atoms with Crippen LogP contribution in [0, 0.1) is 5.92 Å². The molecule has 1 aromatic heterocycles. The minimum Gasteiger partial charge on any atom is -1.00 e. The molecule has 1 aliphatic rings. The summed E-state index contributed by atoms with van der Waals surface area (Å²) in [5, 5.41) is 2.14. The predicted octanol–water partition coefficient (Wildman–Crippen LogP) is 6.69. The van der Waals surface area contributed by atoms with E-state index in [0.29, 0.717) is 5.92 Å². The minimum absolute atomic E-state index is 0. The van der Waals surface area contributed by atoms with Gasteiger partial charge >= 0.3 is 0 Å². The van der Waals surface area contributed by atoms with Gasteiger partial charge < -0.3 is 26.6 Å². The van der Waals surface area contributed by atoms with Crippen LogP contribution >= 0.6 is 11.3 Å². The Kier molecular flexibility index (Phi) is 27.3. The average Bonchev–Trinajstić information content (AvgIpc) is 3.64. The van der Waals surface area contributed by atoms with Gasteiger partial charge in [-0.3, -0.25) is 0 Å². The molecule has 1 aromatic rings. The third kappa shape index (κ3) is 22.4. The Morgan fingerprint density at radius 2 is 1.18 bits per heavy atom. The van der Waals surface area contributed by atoms with Gasteiger partial charge in [0, 0.05) is 25.6 Å². The number of thiazole rings is 1. The van der Waals surface area contributed by atoms with E-state index >= 15 is 0 Å². The first-order valence-corrected chi connectivity index (χ1v) is 18.0. The number of aromatic nitrogens is 1. The number of hydrogen-bond acceptors (Lipinski definition) is 4. The van der Waals surface area contributed by atoms with Crippen molar-refractivity contribution in [2.45, 2.75) is 161 Å². The highest BCUT2D eigenvalue weighted by Gasteiger charge is 2.25. The lowest BCUT2D eigenvalue weighted by Crippen LogP contribution is -3.00. The molecular formula is C34H64ClNO3S. The summed E-state index contributed by atoms with van der Waals surface area (Å²) in [6.45, 7) is 7.70. The smallest absolute Gasteiger partial charge is 0.224 e. The fraction of sp³-hybridized carbons (Fsp3) is 0.912. The molecule has 2 atom stereocenters. The number of unbranched alkanes of at least 4 members (excludes halogenated alkanes) is 19. The lowest BCUT2D eigenvalue weighted by Gasteiger charge is -2.11. The van der Waals surface area contributed by atoms with Crippen molar-refractivity contribution < 1.29 is 31.2 Å². The molecule has 4 nitrogen and oxygen atoms in total. The molecule has 2 heterocycles. The highest BCUT2D eigenvalue weighted by molar-refractivity contribution is 7.07. The van der Waals surface area contributed by atoms with Crippen molar-refractivity contribution in [1.29, 1.82) is 0 Å². The Hall–Kier alpha value is -0.200. The largest absolute Gasteiger partial charge is 1.00 e. The normalized spacial score (nSPS) is 16.9. The molecule has 2 rings (SSSR count). The van der Waals surface area contributed by atoms with Gasteiger partial charge in [-0.05, 0) is 25.7 Å². The third-order valence-electron chi connectivity index (χ3n) is 8.20. The second-order valence-electron chi connectivity index (χ2n) is 12.0. The molecule has 1 saturated heterocycles. The molecule has 0 amide bonds. The van der Waals surface area contributed by atoms with E-state index < -0.39 is 0 Å². The highest BCUT2D eigenvalue weighted by Crippen LogP contribution is 2.21. The van der Waals surface area contributed by atoms with Crippen molar-refractivity contribution in [3.05, 3.63) is 17.1 Å². The summed E-state index contributed by atoms with van der Waals surface area (Å²) >= 11 is 1.77. The predicted molar refractivity (Wildman–Crippen MR) is 167 cm³/mol. The minimum atomic E-state index is 0. The molecule has 0 aliphatic carbocycles. The summed E-state index contributed by atoms with van der Waals surface area (Å²) in [7, 11) is 0. The highest BCUT2D eigenvalue weighted by atomic mass is 35.5. The molecule has 2 unspecified atom stereocenters. The van der Waals surface area contributed by atoms with E-state index in [0.717, 1.165) is 46.0 Å². The Morgan fingerprint density at radius 3 is 1.70 bits per heavy atom. The molecule has 0 bridgehead atoms. The maximum atomic E-state index is 5.95. The van der Waals surface area contributed by atoms with Crippen molar-refractivity contribution in [1.82, 2.24) is 0 Å². The first-order chi connectivity index (χ1) is 19.4. The van der Waals surface area contributed by atoms with E-state index in [4.69, 9.17) is 14.2 Å². The Balaban J connectivity index is 0.00000800. The van der Waals surface area contributed by atoms with Crippen LogP contribution in [0.1, 0.15) is 148 Å². The quantitative estimate of drug-likeness (QED) is 0.0757. The van der Waals surface area contributed by atoms with Gasteiger partial charge in [0.2, 0.25) is 5.51 Å². The first-order valence-electron chi connectivity index (χ1n) is 17.1. The van der Waals surface area contributed by atoms with E-state index in [2.05, 4.69) is 28.6 Å². The molecule has 0 aromatic carbocycles. The van der Waals surface area contributed by atoms with E-state index in [-0.39, 0.29) is 18.5 Å². The van der Waals surface area contributed by atoms with Crippen LogP contribution < -0.4 is 17.0 Å².